The van der Waals surface area contributed by atoms with Crippen molar-refractivity contribution in [3.05, 3.63) is 108 Å². The summed E-state index contributed by atoms with van der Waals surface area (Å²) in [4.78, 5) is 0. The van der Waals surface area contributed by atoms with E-state index >= 15 is 0 Å². The molecule has 0 N–H and O–H groups in total. The Morgan fingerprint density at radius 3 is 1.27 bits per heavy atom. The van der Waals surface area contributed by atoms with Gasteiger partial charge in [0.15, 0.2) is 0 Å². The Morgan fingerprint density at radius 2 is 1.00 bits per heavy atom. The summed E-state index contributed by atoms with van der Waals surface area (Å²) in [5.41, 5.74) is 5.17. The second kappa shape index (κ2) is 17.7. The molecule has 2 aromatic rings. The minimum absolute atomic E-state index is 0. The molecule has 0 aromatic heterocycles. The van der Waals surface area contributed by atoms with Crippen LogP contribution in [0.5, 0.6) is 0 Å². The molecule has 0 radical (unpaired) electrons. The molecular weight excluding hydrogens is 503 g/mol. The van der Waals surface area contributed by atoms with E-state index in [0.29, 0.717) is 9.52 Å². The van der Waals surface area contributed by atoms with Crippen LogP contribution in [0.25, 0.3) is 11.1 Å². The largest absolute Gasteiger partial charge is 4.00 e. The third-order valence-corrected chi connectivity index (χ3v) is 6.86. The molecule has 154 valence electrons. The third-order valence-electron chi connectivity index (χ3n) is 4.86. The Labute approximate surface area is 216 Å². The normalized spacial score (nSPS) is 15.1. The van der Waals surface area contributed by atoms with Gasteiger partial charge < -0.3 is 24.8 Å². The van der Waals surface area contributed by atoms with Crippen LogP contribution in [-0.2, 0) is 26.2 Å². The maximum Gasteiger partial charge on any atom is 4.00 e. The summed E-state index contributed by atoms with van der Waals surface area (Å²) in [6.45, 7) is 0. The second-order valence-corrected chi connectivity index (χ2v) is 9.05. The number of hydrogen-bond donors (Lipinski definition) is 0. The standard InChI is InChI=1S/2C11H9.C4H10Si.2ClH.Zr/c2*1-2-6-10(7-3-1)11-8-4-5-9-11;1-2-4-5-3-1;;;/h2*1-3,6-9H,4H2;1-5H2;2*1H;/q2*-1;;;;+4/p-2. The minimum atomic E-state index is 0. The van der Waals surface area contributed by atoms with Gasteiger partial charge in [0.1, 0.15) is 0 Å². The monoisotopic (exact) mass is 528 g/mol. The zero-order valence-electron chi connectivity index (χ0n) is 17.3. The van der Waals surface area contributed by atoms with E-state index in [1.54, 1.807) is 24.9 Å². The fraction of sp³-hybridized carbons (Fsp3) is 0.231. The van der Waals surface area contributed by atoms with Gasteiger partial charge in [-0.1, -0.05) is 85.6 Å². The van der Waals surface area contributed by atoms with Crippen LogP contribution in [0.3, 0.4) is 0 Å². The van der Waals surface area contributed by atoms with Crippen LogP contribution in [0.2, 0.25) is 12.1 Å². The molecule has 4 heteroatoms. The molecule has 0 atom stereocenters. The summed E-state index contributed by atoms with van der Waals surface area (Å²) in [6, 6.07) is 24.1. The molecule has 3 aliphatic rings. The minimum Gasteiger partial charge on any atom is -1.00 e. The van der Waals surface area contributed by atoms with Crippen LogP contribution < -0.4 is 24.8 Å². The number of halogens is 2. The molecule has 0 spiro atoms. The first-order valence-electron chi connectivity index (χ1n) is 10.1. The predicted molar refractivity (Wildman–Crippen MR) is 121 cm³/mol. The van der Waals surface area contributed by atoms with E-state index in [0.717, 1.165) is 12.8 Å². The molecule has 0 amide bonds. The molecule has 2 aromatic carbocycles. The Kier molecular flexibility index (Phi) is 17.2. The van der Waals surface area contributed by atoms with Crippen molar-refractivity contribution >= 4 is 20.7 Å². The summed E-state index contributed by atoms with van der Waals surface area (Å²) in [7, 11) is 0.543. The van der Waals surface area contributed by atoms with Crippen LogP contribution in [0.1, 0.15) is 36.8 Å². The van der Waals surface area contributed by atoms with Crippen LogP contribution in [0.15, 0.2) is 85.0 Å². The molecule has 0 unspecified atom stereocenters. The molecule has 30 heavy (non-hydrogen) atoms. The number of rotatable bonds is 2. The van der Waals surface area contributed by atoms with E-state index in [1.165, 1.54) is 22.3 Å². The number of hydrogen-bond acceptors (Lipinski definition) is 0. The zero-order chi connectivity index (χ0) is 18.6. The summed E-state index contributed by atoms with van der Waals surface area (Å²) in [5, 5.41) is 0. The number of allylic oxidation sites excluding steroid dienone is 8. The quantitative estimate of drug-likeness (QED) is 0.391. The van der Waals surface area contributed by atoms with Crippen LogP contribution in [0, 0.1) is 12.2 Å². The van der Waals surface area contributed by atoms with Crippen molar-refractivity contribution in [2.24, 2.45) is 0 Å². The Bertz CT molecular complexity index is 734. The molecule has 1 fully saturated rings. The Hall–Kier alpha value is -0.920. The molecule has 1 aliphatic heterocycles. The van der Waals surface area contributed by atoms with E-state index < -0.39 is 0 Å². The van der Waals surface area contributed by atoms with Crippen molar-refractivity contribution < 1.29 is 51.0 Å². The van der Waals surface area contributed by atoms with Gasteiger partial charge in [-0.05, 0) is 0 Å². The van der Waals surface area contributed by atoms with Crippen molar-refractivity contribution in [1.29, 1.82) is 0 Å². The van der Waals surface area contributed by atoms with Crippen LogP contribution in [0.4, 0.5) is 0 Å². The van der Waals surface area contributed by atoms with Gasteiger partial charge >= 0.3 is 26.2 Å². The fourth-order valence-corrected chi connectivity index (χ4v) is 5.11. The molecular formula is C26H28Cl2SiZr. The zero-order valence-corrected chi connectivity index (χ0v) is 22.7. The van der Waals surface area contributed by atoms with Crippen molar-refractivity contribution in [3.8, 4) is 0 Å². The maximum atomic E-state index is 3.15. The first kappa shape index (κ1) is 29.1. The van der Waals surface area contributed by atoms with E-state index in [9.17, 15) is 0 Å². The second-order valence-electron chi connectivity index (χ2n) is 6.92. The van der Waals surface area contributed by atoms with E-state index in [2.05, 4.69) is 85.0 Å². The van der Waals surface area contributed by atoms with Gasteiger partial charge in [-0.3, -0.25) is 12.2 Å². The van der Waals surface area contributed by atoms with Crippen molar-refractivity contribution in [2.45, 2.75) is 37.8 Å². The van der Waals surface area contributed by atoms with Gasteiger partial charge in [0.25, 0.3) is 0 Å². The van der Waals surface area contributed by atoms with Gasteiger partial charge in [0.2, 0.25) is 0 Å². The SMILES string of the molecule is C1CC[SiH2]C1.[C-]1=CC(c2ccccc2)=CC1.[C-]1=CC(c2ccccc2)=CC1.[Cl-].[Cl-].[Zr+4]. The summed E-state index contributed by atoms with van der Waals surface area (Å²) >= 11 is 0. The van der Waals surface area contributed by atoms with Crippen molar-refractivity contribution in [3.63, 3.8) is 0 Å². The summed E-state index contributed by atoms with van der Waals surface area (Å²) in [5.74, 6) is 0. The average Bonchev–Trinajstić information content (AvgIpc) is 3.55. The fourth-order valence-electron chi connectivity index (χ4n) is 3.34. The maximum absolute atomic E-state index is 3.15. The predicted octanol–water partition coefficient (Wildman–Crippen LogP) is 0.457. The molecule has 0 bridgehead atoms. The molecule has 5 rings (SSSR count). The smallest absolute Gasteiger partial charge is 1.00 e. The first-order valence-corrected chi connectivity index (χ1v) is 12.1. The van der Waals surface area contributed by atoms with Gasteiger partial charge in [-0.25, -0.2) is 12.2 Å². The van der Waals surface area contributed by atoms with Crippen molar-refractivity contribution in [2.75, 3.05) is 0 Å². The molecule has 1 saturated heterocycles. The van der Waals surface area contributed by atoms with E-state index in [4.69, 9.17) is 0 Å². The van der Waals surface area contributed by atoms with Crippen LogP contribution >= 0.6 is 0 Å². The van der Waals surface area contributed by atoms with Gasteiger partial charge in [-0.2, -0.15) is 23.3 Å². The average molecular weight is 531 g/mol. The summed E-state index contributed by atoms with van der Waals surface area (Å²) < 4.78 is 0. The first-order chi connectivity index (χ1) is 13.4. The molecule has 1 heterocycles. The molecule has 0 saturated carbocycles. The van der Waals surface area contributed by atoms with Gasteiger partial charge in [0, 0.05) is 9.52 Å². The van der Waals surface area contributed by atoms with E-state index in [-0.39, 0.29) is 51.0 Å². The van der Waals surface area contributed by atoms with Crippen LogP contribution in [-0.4, -0.2) is 9.52 Å². The molecule has 0 nitrogen and oxygen atoms in total. The van der Waals surface area contributed by atoms with Gasteiger partial charge in [0.05, 0.1) is 0 Å². The van der Waals surface area contributed by atoms with Crippen molar-refractivity contribution in [1.82, 2.24) is 0 Å². The topological polar surface area (TPSA) is 0 Å². The third kappa shape index (κ3) is 10.4. The molecule has 2 aliphatic carbocycles. The van der Waals surface area contributed by atoms with E-state index in [1.807, 2.05) is 12.1 Å². The Balaban J connectivity index is 0.000000424. The van der Waals surface area contributed by atoms with Gasteiger partial charge in [-0.15, -0.1) is 24.0 Å². The number of benzene rings is 2. The summed E-state index contributed by atoms with van der Waals surface area (Å²) in [6.07, 6.45) is 19.8. The Morgan fingerprint density at radius 1 is 0.600 bits per heavy atom.